The number of phenolic OH excluding ortho intramolecular Hbond substituents is 5. The van der Waals surface area contributed by atoms with Gasteiger partial charge in [0.25, 0.3) is 0 Å². The van der Waals surface area contributed by atoms with Gasteiger partial charge in [-0.2, -0.15) is 0 Å². The van der Waals surface area contributed by atoms with Crippen LogP contribution in [0.4, 0.5) is 0 Å². The molecule has 0 radical (unpaired) electrons. The zero-order chi connectivity index (χ0) is 42.0. The van der Waals surface area contributed by atoms with Crippen molar-refractivity contribution in [3.05, 3.63) is 71.0 Å². The molecule has 11 unspecified atom stereocenters. The van der Waals surface area contributed by atoms with Gasteiger partial charge in [0.2, 0.25) is 12.0 Å². The first kappa shape index (κ1) is 42.1. The van der Waals surface area contributed by atoms with Crippen molar-refractivity contribution in [2.24, 2.45) is 0 Å². The number of rotatable bonds is 12. The van der Waals surface area contributed by atoms with Crippen LogP contribution < -0.4 is 14.2 Å². The Morgan fingerprint density at radius 2 is 1.43 bits per heavy atom. The number of carbonyl (C=O) groups excluding carboxylic acids is 1. The zero-order valence-electron chi connectivity index (χ0n) is 30.6. The first-order chi connectivity index (χ1) is 27.6. The molecule has 11 atom stereocenters. The van der Waals surface area contributed by atoms with Crippen molar-refractivity contribution in [1.29, 1.82) is 0 Å². The van der Waals surface area contributed by atoms with Crippen LogP contribution in [0.15, 0.2) is 54.3 Å². The summed E-state index contributed by atoms with van der Waals surface area (Å²) in [6, 6.07) is 8.66. The summed E-state index contributed by atoms with van der Waals surface area (Å²) in [5.41, 5.74) is 0.510. The quantitative estimate of drug-likeness (QED) is 0.0630. The number of methoxy groups -OCH3 is 2. The fourth-order valence-corrected chi connectivity index (χ4v) is 6.43. The van der Waals surface area contributed by atoms with Crippen molar-refractivity contribution >= 4 is 18.1 Å². The van der Waals surface area contributed by atoms with E-state index in [1.165, 1.54) is 50.6 Å². The number of fused-ring (bicyclic) bond motifs is 1. The predicted octanol–water partition coefficient (Wildman–Crippen LogP) is -0.389. The standard InChI is InChI=1S/C38H42O20/c1-51-23-7-15(8-24(52-2)29(23)45)3-6-28(44)58-36-27(14-53-37-33(49)31(47)30(46)26(13-39)56-37)57-38(34(50)32(36)48)55-25-12-18-20(42)10-17(40)11-22(18)54-35(25)16-4-5-19(41)21(43)9-16/h3-12,26-27,30-43,45-50H,13-14H2,1-2H3. The molecule has 2 saturated heterocycles. The molecule has 0 bridgehead atoms. The predicted molar refractivity (Wildman–Crippen MR) is 192 cm³/mol. The number of carbonyl (C=O) groups is 1. The second-order valence-electron chi connectivity index (χ2n) is 13.4. The number of esters is 1. The van der Waals surface area contributed by atoms with Gasteiger partial charge in [0.05, 0.1) is 33.0 Å². The number of hydrogen-bond donors (Lipinski definition) is 11. The van der Waals surface area contributed by atoms with Gasteiger partial charge in [0, 0.05) is 23.8 Å². The maximum atomic E-state index is 13.2. The molecule has 0 aliphatic carbocycles. The number of aliphatic hydroxyl groups excluding tert-OH is 6. The van der Waals surface area contributed by atoms with E-state index in [1.54, 1.807) is 0 Å². The van der Waals surface area contributed by atoms with Gasteiger partial charge in [-0.05, 0) is 42.0 Å². The van der Waals surface area contributed by atoms with Crippen LogP contribution in [0.5, 0.6) is 46.0 Å². The van der Waals surface area contributed by atoms with E-state index < -0.39 is 104 Å². The first-order valence-corrected chi connectivity index (χ1v) is 17.5. The zero-order valence-corrected chi connectivity index (χ0v) is 30.6. The molecule has 3 aliphatic rings. The SMILES string of the molecule is COc1cc(C=CC(=O)OC2C(COC3OC(CO)C(O)C(O)C3O)OC(OC3=Cc4c(O)cc(O)cc4OC3c3ccc(O)c(O)c3)C(O)C2O)cc(OC)c1O. The van der Waals surface area contributed by atoms with Gasteiger partial charge in [-0.3, -0.25) is 0 Å². The van der Waals surface area contributed by atoms with E-state index in [2.05, 4.69) is 0 Å². The van der Waals surface area contributed by atoms with Gasteiger partial charge in [-0.25, -0.2) is 4.79 Å². The van der Waals surface area contributed by atoms with E-state index in [9.17, 15) is 61.0 Å². The Kier molecular flexibility index (Phi) is 12.7. The highest BCUT2D eigenvalue weighted by atomic mass is 16.7. The molecule has 3 heterocycles. The summed E-state index contributed by atoms with van der Waals surface area (Å²) >= 11 is 0. The van der Waals surface area contributed by atoms with Crippen LogP contribution in [-0.2, 0) is 28.5 Å². The lowest BCUT2D eigenvalue weighted by atomic mass is 9.97. The number of ether oxygens (including phenoxy) is 8. The topological polar surface area (TPSA) is 313 Å². The molecule has 314 valence electrons. The van der Waals surface area contributed by atoms with Gasteiger partial charge in [-0.15, -0.1) is 0 Å². The van der Waals surface area contributed by atoms with Crippen molar-refractivity contribution in [2.45, 2.75) is 67.5 Å². The molecule has 3 aliphatic heterocycles. The highest BCUT2D eigenvalue weighted by Gasteiger charge is 2.50. The van der Waals surface area contributed by atoms with Gasteiger partial charge < -0.3 is 94.1 Å². The highest BCUT2D eigenvalue weighted by Crippen LogP contribution is 2.46. The van der Waals surface area contributed by atoms with Crippen LogP contribution in [0, 0.1) is 0 Å². The van der Waals surface area contributed by atoms with Crippen molar-refractivity contribution in [1.82, 2.24) is 0 Å². The van der Waals surface area contributed by atoms with Crippen molar-refractivity contribution in [3.8, 4) is 46.0 Å². The Hall–Kier alpha value is -5.55. The first-order valence-electron chi connectivity index (χ1n) is 17.5. The van der Waals surface area contributed by atoms with E-state index >= 15 is 0 Å². The molecule has 0 spiro atoms. The van der Waals surface area contributed by atoms with Gasteiger partial charge in [0.15, 0.2) is 41.5 Å². The molecule has 11 N–H and O–H groups in total. The third-order valence-corrected chi connectivity index (χ3v) is 9.53. The average Bonchev–Trinajstić information content (AvgIpc) is 3.20. The van der Waals surface area contributed by atoms with Crippen LogP contribution in [0.1, 0.15) is 22.8 Å². The molecule has 20 nitrogen and oxygen atoms in total. The Bertz CT molecular complexity index is 1990. The second kappa shape index (κ2) is 17.5. The second-order valence-corrected chi connectivity index (χ2v) is 13.4. The van der Waals surface area contributed by atoms with E-state index in [4.69, 9.17) is 37.9 Å². The van der Waals surface area contributed by atoms with E-state index in [0.717, 1.165) is 24.3 Å². The molecule has 6 rings (SSSR count). The van der Waals surface area contributed by atoms with E-state index in [-0.39, 0.29) is 45.6 Å². The largest absolute Gasteiger partial charge is 0.508 e. The number of benzene rings is 3. The average molecular weight is 819 g/mol. The summed E-state index contributed by atoms with van der Waals surface area (Å²) in [7, 11) is 2.61. The molecule has 0 aromatic heterocycles. The van der Waals surface area contributed by atoms with Crippen LogP contribution in [0.2, 0.25) is 0 Å². The highest BCUT2D eigenvalue weighted by molar-refractivity contribution is 5.87. The molecule has 0 saturated carbocycles. The maximum absolute atomic E-state index is 13.2. The summed E-state index contributed by atoms with van der Waals surface area (Å²) < 4.78 is 45.0. The Labute approximate surface area is 328 Å². The van der Waals surface area contributed by atoms with Gasteiger partial charge in [0.1, 0.15) is 65.7 Å². The van der Waals surface area contributed by atoms with Crippen LogP contribution in [0.3, 0.4) is 0 Å². The van der Waals surface area contributed by atoms with Gasteiger partial charge in [-0.1, -0.05) is 6.07 Å². The lowest BCUT2D eigenvalue weighted by Crippen LogP contribution is -2.62. The number of aromatic hydroxyl groups is 5. The van der Waals surface area contributed by atoms with Crippen LogP contribution in [-0.4, -0.2) is 151 Å². The molecule has 20 heteroatoms. The summed E-state index contributed by atoms with van der Waals surface area (Å²) in [5, 5.41) is 115. The fourth-order valence-electron chi connectivity index (χ4n) is 6.43. The monoisotopic (exact) mass is 818 g/mol. The number of hydrogen-bond acceptors (Lipinski definition) is 20. The maximum Gasteiger partial charge on any atom is 0.331 e. The Morgan fingerprint density at radius 1 is 0.759 bits per heavy atom. The van der Waals surface area contributed by atoms with Crippen molar-refractivity contribution in [2.75, 3.05) is 27.4 Å². The molecule has 58 heavy (non-hydrogen) atoms. The molecule has 3 aromatic carbocycles. The van der Waals surface area contributed by atoms with Gasteiger partial charge >= 0.3 is 5.97 Å². The minimum absolute atomic E-state index is 0.0165. The Balaban J connectivity index is 1.29. The molecule has 3 aromatic rings. The minimum Gasteiger partial charge on any atom is -0.508 e. The number of phenols is 5. The lowest BCUT2D eigenvalue weighted by Gasteiger charge is -2.44. The molecule has 0 amide bonds. The molecular weight excluding hydrogens is 776 g/mol. The van der Waals surface area contributed by atoms with E-state index in [1.807, 2.05) is 0 Å². The van der Waals surface area contributed by atoms with Crippen molar-refractivity contribution in [3.63, 3.8) is 0 Å². The summed E-state index contributed by atoms with van der Waals surface area (Å²) in [5.74, 6) is -3.32. The summed E-state index contributed by atoms with van der Waals surface area (Å²) in [6.45, 7) is -1.49. The summed E-state index contributed by atoms with van der Waals surface area (Å²) in [6.07, 6.45) is -15.4. The van der Waals surface area contributed by atoms with Crippen LogP contribution in [0.25, 0.3) is 12.2 Å². The number of aliphatic hydroxyl groups is 6. The van der Waals surface area contributed by atoms with Crippen LogP contribution >= 0.6 is 0 Å². The summed E-state index contributed by atoms with van der Waals surface area (Å²) in [4.78, 5) is 13.2. The molecule has 2 fully saturated rings. The van der Waals surface area contributed by atoms with E-state index in [0.29, 0.717) is 5.56 Å². The normalized spacial score (nSPS) is 29.5. The Morgan fingerprint density at radius 3 is 2.09 bits per heavy atom. The third kappa shape index (κ3) is 8.65. The third-order valence-electron chi connectivity index (χ3n) is 9.53. The lowest BCUT2D eigenvalue weighted by molar-refractivity contribution is -0.328. The fraction of sp³-hybridized carbons (Fsp3) is 0.395. The minimum atomic E-state index is -2.00. The smallest absolute Gasteiger partial charge is 0.331 e. The van der Waals surface area contributed by atoms with Crippen molar-refractivity contribution < 1.29 is 98.9 Å². The molecular formula is C38H42O20.